The lowest BCUT2D eigenvalue weighted by molar-refractivity contribution is -0.134. The summed E-state index contributed by atoms with van der Waals surface area (Å²) in [5.41, 5.74) is 1.62. The molecule has 1 aromatic heterocycles. The lowest BCUT2D eigenvalue weighted by Gasteiger charge is -2.29. The highest BCUT2D eigenvalue weighted by molar-refractivity contribution is 7.98. The summed E-state index contributed by atoms with van der Waals surface area (Å²) in [6.45, 7) is 0.330. The molecule has 2 heterocycles. The summed E-state index contributed by atoms with van der Waals surface area (Å²) in [5, 5.41) is 0.818. The Balaban J connectivity index is 1.58. The molecule has 0 saturated heterocycles. The molecule has 0 N–H and O–H groups in total. The largest absolute Gasteiger partial charge is 0.337 e. The summed E-state index contributed by atoms with van der Waals surface area (Å²) >= 11 is 3.12. The van der Waals surface area contributed by atoms with Crippen molar-refractivity contribution in [2.75, 3.05) is 19.1 Å². The van der Waals surface area contributed by atoms with Crippen molar-refractivity contribution in [1.82, 2.24) is 14.8 Å². The number of carbonyl (C=O) groups excluding carboxylic acids is 3. The fourth-order valence-electron chi connectivity index (χ4n) is 3.61. The number of aromatic nitrogens is 1. The van der Waals surface area contributed by atoms with Gasteiger partial charge in [-0.3, -0.25) is 19.3 Å². The first-order valence-electron chi connectivity index (χ1n) is 9.56. The number of thiazole rings is 1. The summed E-state index contributed by atoms with van der Waals surface area (Å²) < 4.78 is 1.06. The van der Waals surface area contributed by atoms with E-state index < -0.39 is 17.9 Å². The minimum absolute atomic E-state index is 0.252. The molecule has 1 aliphatic rings. The number of imide groups is 1. The number of amides is 3. The second-order valence-corrected chi connectivity index (χ2v) is 9.19. The van der Waals surface area contributed by atoms with Crippen LogP contribution in [0.15, 0.2) is 48.5 Å². The Morgan fingerprint density at radius 1 is 1.10 bits per heavy atom. The van der Waals surface area contributed by atoms with E-state index in [2.05, 4.69) is 4.98 Å². The van der Waals surface area contributed by atoms with Gasteiger partial charge in [0.25, 0.3) is 11.8 Å². The van der Waals surface area contributed by atoms with Gasteiger partial charge in [0.05, 0.1) is 27.9 Å². The number of para-hydroxylation sites is 1. The lowest BCUT2D eigenvalue weighted by Crippen LogP contribution is -2.50. The monoisotopic (exact) mass is 439 g/mol. The van der Waals surface area contributed by atoms with Crippen molar-refractivity contribution in [3.63, 3.8) is 0 Å². The number of rotatable bonds is 7. The number of carbonyl (C=O) groups is 3. The summed E-state index contributed by atoms with van der Waals surface area (Å²) in [6, 6.07) is 13.7. The number of nitrogens with zero attached hydrogens (tertiary/aromatic N) is 3. The van der Waals surface area contributed by atoms with E-state index in [1.165, 1.54) is 11.3 Å². The summed E-state index contributed by atoms with van der Waals surface area (Å²) in [5.74, 6) is -0.386. The predicted molar refractivity (Wildman–Crippen MR) is 120 cm³/mol. The van der Waals surface area contributed by atoms with Crippen LogP contribution in [0.3, 0.4) is 0 Å². The van der Waals surface area contributed by atoms with Crippen molar-refractivity contribution in [2.45, 2.75) is 19.0 Å². The van der Waals surface area contributed by atoms with Crippen molar-refractivity contribution >= 4 is 51.0 Å². The molecule has 30 heavy (non-hydrogen) atoms. The molecule has 1 unspecified atom stereocenters. The standard InChI is InChI=1S/C22H21N3O3S2/c1-24(13-19-23-16-9-5-6-10-18(16)30-19)22(28)17(11-12-29-2)25-20(26)14-7-3-4-8-15(14)21(25)27/h3-10,17H,11-13H2,1-2H3. The van der Waals surface area contributed by atoms with Crippen LogP contribution in [0.25, 0.3) is 10.2 Å². The lowest BCUT2D eigenvalue weighted by atomic mass is 10.1. The second-order valence-electron chi connectivity index (χ2n) is 7.09. The maximum Gasteiger partial charge on any atom is 0.262 e. The van der Waals surface area contributed by atoms with E-state index in [0.717, 1.165) is 20.1 Å². The van der Waals surface area contributed by atoms with Gasteiger partial charge in [-0.25, -0.2) is 4.98 Å². The third-order valence-electron chi connectivity index (χ3n) is 5.10. The first-order valence-corrected chi connectivity index (χ1v) is 11.8. The van der Waals surface area contributed by atoms with Crippen LogP contribution in [0.5, 0.6) is 0 Å². The molecule has 0 spiro atoms. The topological polar surface area (TPSA) is 70.6 Å². The van der Waals surface area contributed by atoms with E-state index in [9.17, 15) is 14.4 Å². The number of benzene rings is 2. The SMILES string of the molecule is CSCCC(C(=O)N(C)Cc1nc2ccccc2s1)N1C(=O)c2ccccc2C1=O. The number of thioether (sulfide) groups is 1. The minimum Gasteiger partial charge on any atom is -0.337 e. The minimum atomic E-state index is -0.829. The molecular weight excluding hydrogens is 418 g/mol. The second kappa shape index (κ2) is 8.57. The molecule has 3 aromatic rings. The van der Waals surface area contributed by atoms with E-state index in [-0.39, 0.29) is 5.91 Å². The van der Waals surface area contributed by atoms with Gasteiger partial charge in [-0.15, -0.1) is 11.3 Å². The molecular formula is C22H21N3O3S2. The molecule has 6 nitrogen and oxygen atoms in total. The molecule has 0 radical (unpaired) electrons. The third-order valence-corrected chi connectivity index (χ3v) is 6.77. The third kappa shape index (κ3) is 3.73. The molecule has 2 aromatic carbocycles. The normalized spacial score (nSPS) is 14.3. The van der Waals surface area contributed by atoms with Crippen molar-refractivity contribution in [3.8, 4) is 0 Å². The Morgan fingerprint density at radius 3 is 2.37 bits per heavy atom. The number of hydrogen-bond donors (Lipinski definition) is 0. The van der Waals surface area contributed by atoms with Gasteiger partial charge in [0, 0.05) is 7.05 Å². The fourth-order valence-corrected chi connectivity index (χ4v) is 5.09. The molecule has 4 rings (SSSR count). The molecule has 0 saturated carbocycles. The Hall–Kier alpha value is -2.71. The summed E-state index contributed by atoms with van der Waals surface area (Å²) in [6.07, 6.45) is 2.35. The first-order chi connectivity index (χ1) is 14.5. The molecule has 0 fully saturated rings. The van der Waals surface area contributed by atoms with Crippen LogP contribution in [0.2, 0.25) is 0 Å². The zero-order chi connectivity index (χ0) is 21.3. The molecule has 0 bridgehead atoms. The molecule has 1 atom stereocenters. The fraction of sp³-hybridized carbons (Fsp3) is 0.273. The maximum atomic E-state index is 13.3. The van der Waals surface area contributed by atoms with Gasteiger partial charge in [0.1, 0.15) is 11.0 Å². The average molecular weight is 440 g/mol. The Morgan fingerprint density at radius 2 is 1.73 bits per heavy atom. The van der Waals surface area contributed by atoms with Crippen molar-refractivity contribution in [1.29, 1.82) is 0 Å². The van der Waals surface area contributed by atoms with Crippen LogP contribution >= 0.6 is 23.1 Å². The van der Waals surface area contributed by atoms with E-state index in [1.54, 1.807) is 48.0 Å². The van der Waals surface area contributed by atoms with Crippen molar-refractivity contribution in [3.05, 3.63) is 64.7 Å². The average Bonchev–Trinajstić information content (AvgIpc) is 3.27. The van der Waals surface area contributed by atoms with Crippen molar-refractivity contribution in [2.24, 2.45) is 0 Å². The Bertz CT molecular complexity index is 1060. The Labute approximate surface area is 182 Å². The summed E-state index contributed by atoms with van der Waals surface area (Å²) in [4.78, 5) is 46.5. The predicted octanol–water partition coefficient (Wildman–Crippen LogP) is 3.67. The first kappa shape index (κ1) is 20.6. The zero-order valence-corrected chi connectivity index (χ0v) is 18.3. The molecule has 3 amide bonds. The van der Waals surface area contributed by atoms with Crippen molar-refractivity contribution < 1.29 is 14.4 Å². The van der Waals surface area contributed by atoms with E-state index in [0.29, 0.717) is 29.8 Å². The number of fused-ring (bicyclic) bond motifs is 2. The number of hydrogen-bond acceptors (Lipinski definition) is 6. The highest BCUT2D eigenvalue weighted by Gasteiger charge is 2.43. The van der Waals surface area contributed by atoms with Crippen LogP contribution in [-0.2, 0) is 11.3 Å². The molecule has 0 aliphatic carbocycles. The van der Waals surface area contributed by atoms with Gasteiger partial charge in [-0.05, 0) is 42.7 Å². The van der Waals surface area contributed by atoms with Crippen LogP contribution in [-0.4, -0.2) is 57.6 Å². The van der Waals surface area contributed by atoms with Gasteiger partial charge in [-0.1, -0.05) is 24.3 Å². The number of likely N-dealkylation sites (N-methyl/N-ethyl adjacent to an activating group) is 1. The highest BCUT2D eigenvalue weighted by Crippen LogP contribution is 2.28. The van der Waals surface area contributed by atoms with Crippen LogP contribution in [0.4, 0.5) is 0 Å². The van der Waals surface area contributed by atoms with Crippen LogP contribution < -0.4 is 0 Å². The van der Waals surface area contributed by atoms with Gasteiger partial charge < -0.3 is 4.90 Å². The smallest absolute Gasteiger partial charge is 0.262 e. The zero-order valence-electron chi connectivity index (χ0n) is 16.7. The Kier molecular flexibility index (Phi) is 5.87. The van der Waals surface area contributed by atoms with E-state index in [1.807, 2.05) is 30.5 Å². The molecule has 154 valence electrons. The van der Waals surface area contributed by atoms with E-state index in [4.69, 9.17) is 0 Å². The van der Waals surface area contributed by atoms with Crippen LogP contribution in [0, 0.1) is 0 Å². The van der Waals surface area contributed by atoms with Gasteiger partial charge in [-0.2, -0.15) is 11.8 Å². The van der Waals surface area contributed by atoms with Crippen LogP contribution in [0.1, 0.15) is 32.1 Å². The van der Waals surface area contributed by atoms with Gasteiger partial charge >= 0.3 is 0 Å². The van der Waals surface area contributed by atoms with Gasteiger partial charge in [0.2, 0.25) is 5.91 Å². The highest BCUT2D eigenvalue weighted by atomic mass is 32.2. The quantitative estimate of drug-likeness (QED) is 0.526. The van der Waals surface area contributed by atoms with Gasteiger partial charge in [0.15, 0.2) is 0 Å². The van der Waals surface area contributed by atoms with E-state index >= 15 is 0 Å². The molecule has 1 aliphatic heterocycles. The summed E-state index contributed by atoms with van der Waals surface area (Å²) in [7, 11) is 1.69. The maximum absolute atomic E-state index is 13.3. The molecule has 8 heteroatoms.